The number of hydrogen-bond donors (Lipinski definition) is 1. The van der Waals surface area contributed by atoms with Crippen molar-refractivity contribution in [3.05, 3.63) is 90.0 Å². The van der Waals surface area contributed by atoms with E-state index in [0.29, 0.717) is 13.1 Å². The van der Waals surface area contributed by atoms with Gasteiger partial charge >= 0.3 is 0 Å². The number of aliphatic hydroxyl groups is 1. The first-order valence-corrected chi connectivity index (χ1v) is 9.80. The van der Waals surface area contributed by atoms with Crippen LogP contribution in [0.25, 0.3) is 0 Å². The molecule has 0 radical (unpaired) electrons. The zero-order valence-electron chi connectivity index (χ0n) is 15.6. The number of likely N-dealkylation sites (tertiary alicyclic amines) is 1. The molecule has 2 atom stereocenters. The number of benzene rings is 2. The molecular weight excluding hydrogens is 350 g/mol. The molecule has 0 unspecified atom stereocenters. The Kier molecular flexibility index (Phi) is 4.05. The second kappa shape index (κ2) is 6.60. The van der Waals surface area contributed by atoms with Crippen molar-refractivity contribution in [2.24, 2.45) is 0 Å². The van der Waals surface area contributed by atoms with Gasteiger partial charge in [-0.2, -0.15) is 0 Å². The zero-order valence-corrected chi connectivity index (χ0v) is 15.6. The second-order valence-electron chi connectivity index (χ2n) is 7.80. The van der Waals surface area contributed by atoms with Crippen LogP contribution in [-0.2, 0) is 5.41 Å². The molecule has 1 spiro atoms. The third-order valence-corrected chi connectivity index (χ3v) is 6.49. The number of aromatic nitrogens is 2. The minimum Gasteiger partial charge on any atom is -0.390 e. The lowest BCUT2D eigenvalue weighted by Crippen LogP contribution is -2.50. The van der Waals surface area contributed by atoms with Gasteiger partial charge in [0.05, 0.1) is 18.5 Å². The molecule has 1 N–H and O–H groups in total. The van der Waals surface area contributed by atoms with E-state index in [1.807, 2.05) is 58.1 Å². The van der Waals surface area contributed by atoms with Crippen molar-refractivity contribution in [1.29, 1.82) is 0 Å². The molecule has 1 amide bonds. The largest absolute Gasteiger partial charge is 0.390 e. The minimum absolute atomic E-state index is 0.0716. The van der Waals surface area contributed by atoms with E-state index in [4.69, 9.17) is 0 Å². The van der Waals surface area contributed by atoms with Crippen molar-refractivity contribution in [3.8, 4) is 0 Å². The van der Waals surface area contributed by atoms with Gasteiger partial charge in [0.2, 0.25) is 0 Å². The Morgan fingerprint density at radius 3 is 2.46 bits per heavy atom. The monoisotopic (exact) mass is 373 g/mol. The quantitative estimate of drug-likeness (QED) is 0.751. The molecule has 1 aromatic heterocycles. The molecule has 142 valence electrons. The summed E-state index contributed by atoms with van der Waals surface area (Å²) in [5.41, 5.74) is 2.78. The number of piperidine rings is 1. The standard InChI is InChI=1S/C23H23N3O2/c27-21-20(26-15-12-24-16-26)18-8-4-5-9-19(18)23(21)10-13-25(14-11-23)22(28)17-6-2-1-3-7-17/h1-9,12,15-16,20-21,27H,10-11,13-14H2/t20-,21+/m0/s1. The topological polar surface area (TPSA) is 58.4 Å². The van der Waals surface area contributed by atoms with E-state index in [2.05, 4.69) is 17.1 Å². The highest BCUT2D eigenvalue weighted by molar-refractivity contribution is 5.94. The first-order valence-electron chi connectivity index (χ1n) is 9.80. The fourth-order valence-electron chi connectivity index (χ4n) is 5.03. The molecule has 1 aliphatic heterocycles. The number of nitrogens with zero attached hydrogens (tertiary/aromatic N) is 3. The van der Waals surface area contributed by atoms with Crippen molar-refractivity contribution >= 4 is 5.91 Å². The fraction of sp³-hybridized carbons (Fsp3) is 0.304. The van der Waals surface area contributed by atoms with Crippen molar-refractivity contribution < 1.29 is 9.90 Å². The minimum atomic E-state index is -0.534. The molecule has 1 fully saturated rings. The molecule has 1 aliphatic carbocycles. The number of amides is 1. The van der Waals surface area contributed by atoms with Gasteiger partial charge in [0, 0.05) is 36.5 Å². The molecule has 2 aromatic carbocycles. The third kappa shape index (κ3) is 2.50. The Morgan fingerprint density at radius 1 is 1.04 bits per heavy atom. The Balaban J connectivity index is 1.44. The zero-order chi connectivity index (χ0) is 19.1. The average Bonchev–Trinajstić information content (AvgIpc) is 3.35. The molecule has 5 nitrogen and oxygen atoms in total. The van der Waals surface area contributed by atoms with Crippen LogP contribution in [-0.4, -0.2) is 44.7 Å². The predicted molar refractivity (Wildman–Crippen MR) is 106 cm³/mol. The fourth-order valence-corrected chi connectivity index (χ4v) is 5.03. The molecule has 0 saturated carbocycles. The Morgan fingerprint density at radius 2 is 1.75 bits per heavy atom. The Bertz CT molecular complexity index is 976. The van der Waals surface area contributed by atoms with Crippen LogP contribution in [0.1, 0.15) is 40.4 Å². The van der Waals surface area contributed by atoms with Crippen molar-refractivity contribution in [2.45, 2.75) is 30.4 Å². The van der Waals surface area contributed by atoms with Crippen LogP contribution in [0.15, 0.2) is 73.3 Å². The summed E-state index contributed by atoms with van der Waals surface area (Å²) in [5, 5.41) is 11.4. The SMILES string of the molecule is O=C(c1ccccc1)N1CCC2(CC1)c1ccccc1[C@H](n1ccnc1)[C@H]2O. The highest BCUT2D eigenvalue weighted by atomic mass is 16.3. The summed E-state index contributed by atoms with van der Waals surface area (Å²) in [6.45, 7) is 1.30. The normalized spacial score (nSPS) is 23.0. The Labute approximate surface area is 164 Å². The van der Waals surface area contributed by atoms with Gasteiger partial charge in [-0.25, -0.2) is 4.98 Å². The number of fused-ring (bicyclic) bond motifs is 2. The smallest absolute Gasteiger partial charge is 0.253 e. The molecule has 2 aliphatic rings. The van der Waals surface area contributed by atoms with Gasteiger partial charge in [-0.05, 0) is 36.1 Å². The lowest BCUT2D eigenvalue weighted by atomic mass is 9.72. The third-order valence-electron chi connectivity index (χ3n) is 6.49. The molecule has 5 rings (SSSR count). The highest BCUT2D eigenvalue weighted by Gasteiger charge is 2.53. The van der Waals surface area contributed by atoms with E-state index in [1.165, 1.54) is 5.56 Å². The van der Waals surface area contributed by atoms with Gasteiger partial charge in [-0.15, -0.1) is 0 Å². The van der Waals surface area contributed by atoms with Crippen LogP contribution >= 0.6 is 0 Å². The van der Waals surface area contributed by atoms with Gasteiger partial charge in [0.15, 0.2) is 0 Å². The average molecular weight is 373 g/mol. The molecule has 2 heterocycles. The number of aliphatic hydroxyl groups excluding tert-OH is 1. The first kappa shape index (κ1) is 17.2. The maximum atomic E-state index is 12.8. The van der Waals surface area contributed by atoms with E-state index < -0.39 is 6.10 Å². The molecular formula is C23H23N3O2. The van der Waals surface area contributed by atoms with E-state index in [-0.39, 0.29) is 17.4 Å². The summed E-state index contributed by atoms with van der Waals surface area (Å²) in [5.74, 6) is 0.0716. The summed E-state index contributed by atoms with van der Waals surface area (Å²) in [6.07, 6.45) is 6.42. The lowest BCUT2D eigenvalue weighted by molar-refractivity contribution is 0.0208. The van der Waals surface area contributed by atoms with Crippen LogP contribution in [0.3, 0.4) is 0 Å². The Hall–Kier alpha value is -2.92. The predicted octanol–water partition coefficient (Wildman–Crippen LogP) is 3.02. The number of hydrogen-bond acceptors (Lipinski definition) is 3. The van der Waals surface area contributed by atoms with E-state index >= 15 is 0 Å². The van der Waals surface area contributed by atoms with E-state index in [1.54, 1.807) is 12.5 Å². The number of carbonyl (C=O) groups is 1. The van der Waals surface area contributed by atoms with E-state index in [0.717, 1.165) is 24.0 Å². The summed E-state index contributed by atoms with van der Waals surface area (Å²) >= 11 is 0. The number of rotatable bonds is 2. The number of carbonyl (C=O) groups excluding carboxylic acids is 1. The van der Waals surface area contributed by atoms with Crippen LogP contribution in [0.2, 0.25) is 0 Å². The van der Waals surface area contributed by atoms with Crippen molar-refractivity contribution in [2.75, 3.05) is 13.1 Å². The van der Waals surface area contributed by atoms with Crippen molar-refractivity contribution in [3.63, 3.8) is 0 Å². The van der Waals surface area contributed by atoms with E-state index in [9.17, 15) is 9.90 Å². The van der Waals surface area contributed by atoms with Crippen LogP contribution in [0, 0.1) is 0 Å². The van der Waals surface area contributed by atoms with Crippen LogP contribution < -0.4 is 0 Å². The molecule has 0 bridgehead atoms. The summed E-state index contributed by atoms with van der Waals surface area (Å²) < 4.78 is 2.00. The molecule has 28 heavy (non-hydrogen) atoms. The van der Waals surface area contributed by atoms with Crippen LogP contribution in [0.5, 0.6) is 0 Å². The van der Waals surface area contributed by atoms with Gasteiger partial charge in [-0.3, -0.25) is 4.79 Å². The molecule has 3 aromatic rings. The maximum Gasteiger partial charge on any atom is 0.253 e. The molecule has 5 heteroatoms. The molecule has 1 saturated heterocycles. The maximum absolute atomic E-state index is 12.8. The van der Waals surface area contributed by atoms with Gasteiger partial charge in [-0.1, -0.05) is 42.5 Å². The summed E-state index contributed by atoms with van der Waals surface area (Å²) in [4.78, 5) is 18.9. The summed E-state index contributed by atoms with van der Waals surface area (Å²) in [7, 11) is 0. The van der Waals surface area contributed by atoms with Gasteiger partial charge in [0.1, 0.15) is 0 Å². The first-order chi connectivity index (χ1) is 13.7. The lowest BCUT2D eigenvalue weighted by Gasteiger charge is -2.42. The second-order valence-corrected chi connectivity index (χ2v) is 7.80. The van der Waals surface area contributed by atoms with Crippen LogP contribution in [0.4, 0.5) is 0 Å². The van der Waals surface area contributed by atoms with Gasteiger partial charge in [0.25, 0.3) is 5.91 Å². The summed E-state index contributed by atoms with van der Waals surface area (Å²) in [6, 6.07) is 17.6. The van der Waals surface area contributed by atoms with Crippen molar-refractivity contribution in [1.82, 2.24) is 14.5 Å². The van der Waals surface area contributed by atoms with Gasteiger partial charge < -0.3 is 14.6 Å². The number of imidazole rings is 1. The highest BCUT2D eigenvalue weighted by Crippen LogP contribution is 2.52.